The third-order valence-electron chi connectivity index (χ3n) is 5.52. The molecule has 0 bridgehead atoms. The van der Waals surface area contributed by atoms with E-state index in [0.717, 1.165) is 49.9 Å². The van der Waals surface area contributed by atoms with Crippen LogP contribution in [0.25, 0.3) is 0 Å². The van der Waals surface area contributed by atoms with Crippen molar-refractivity contribution in [1.29, 1.82) is 0 Å². The van der Waals surface area contributed by atoms with E-state index >= 15 is 0 Å². The second-order valence-corrected chi connectivity index (χ2v) is 7.24. The molecule has 0 radical (unpaired) electrons. The maximum absolute atomic E-state index is 12.6. The molecule has 0 fully saturated rings. The monoisotopic (exact) mass is 351 g/mol. The van der Waals surface area contributed by atoms with Crippen molar-refractivity contribution in [2.45, 2.75) is 44.6 Å². The number of rotatable bonds is 3. The smallest absolute Gasteiger partial charge is 0.261 e. The zero-order valence-electron chi connectivity index (χ0n) is 14.9. The first-order valence-corrected chi connectivity index (χ1v) is 9.57. The van der Waals surface area contributed by atoms with Gasteiger partial charge in [-0.1, -0.05) is 30.7 Å². The first-order chi connectivity index (χ1) is 12.7. The first-order valence-electron chi connectivity index (χ1n) is 9.57. The van der Waals surface area contributed by atoms with E-state index in [1.165, 1.54) is 17.5 Å². The van der Waals surface area contributed by atoms with E-state index in [2.05, 4.69) is 33.8 Å². The van der Waals surface area contributed by atoms with Crippen molar-refractivity contribution < 1.29 is 4.79 Å². The van der Waals surface area contributed by atoms with Crippen LogP contribution in [0.5, 0.6) is 0 Å². The van der Waals surface area contributed by atoms with Gasteiger partial charge in [0.2, 0.25) is 0 Å². The molecule has 0 saturated carbocycles. The molecule has 26 heavy (non-hydrogen) atoms. The fourth-order valence-corrected chi connectivity index (χ4v) is 4.09. The fourth-order valence-electron chi connectivity index (χ4n) is 4.09. The Hall–Kier alpha value is -2.40. The Morgan fingerprint density at radius 3 is 2.85 bits per heavy atom. The highest BCUT2D eigenvalue weighted by Gasteiger charge is 2.21. The number of hydrogen-bond acceptors (Lipinski definition) is 3. The molecule has 0 saturated heterocycles. The molecular formula is C21H25N3O2. The van der Waals surface area contributed by atoms with Crippen molar-refractivity contribution in [2.75, 3.05) is 13.1 Å². The van der Waals surface area contributed by atoms with Gasteiger partial charge in [0.25, 0.3) is 11.5 Å². The summed E-state index contributed by atoms with van der Waals surface area (Å²) in [7, 11) is 0. The molecule has 2 aromatic rings. The summed E-state index contributed by atoms with van der Waals surface area (Å²) >= 11 is 0. The predicted molar refractivity (Wildman–Crippen MR) is 102 cm³/mol. The van der Waals surface area contributed by atoms with Crippen LogP contribution in [0.1, 0.15) is 58.0 Å². The number of carbonyl (C=O) groups is 1. The molecule has 1 amide bonds. The molecule has 1 aromatic carbocycles. The molecule has 2 heterocycles. The third kappa shape index (κ3) is 3.44. The lowest BCUT2D eigenvalue weighted by molar-refractivity contribution is 0.0947. The lowest BCUT2D eigenvalue weighted by Gasteiger charge is -2.27. The molecule has 0 spiro atoms. The summed E-state index contributed by atoms with van der Waals surface area (Å²) in [4.78, 5) is 27.9. The van der Waals surface area contributed by atoms with Crippen LogP contribution in [0.3, 0.4) is 0 Å². The first kappa shape index (κ1) is 17.0. The van der Waals surface area contributed by atoms with E-state index in [1.54, 1.807) is 6.07 Å². The fraction of sp³-hybridized carbons (Fsp3) is 0.429. The molecule has 1 unspecified atom stereocenters. The van der Waals surface area contributed by atoms with E-state index in [1.807, 2.05) is 6.07 Å². The Bertz CT molecular complexity index is 872. The number of benzene rings is 1. The van der Waals surface area contributed by atoms with Crippen molar-refractivity contribution in [1.82, 2.24) is 15.6 Å². The number of aryl methyl sites for hydroxylation is 2. The van der Waals surface area contributed by atoms with Gasteiger partial charge >= 0.3 is 0 Å². The SMILES string of the molecule is O=C(NCC1NCCc2ccccc21)c1cc2c([nH]c1=O)CCCCC2. The second kappa shape index (κ2) is 7.46. The van der Waals surface area contributed by atoms with Crippen molar-refractivity contribution in [2.24, 2.45) is 0 Å². The summed E-state index contributed by atoms with van der Waals surface area (Å²) in [5, 5.41) is 6.41. The molecule has 3 N–H and O–H groups in total. The highest BCUT2D eigenvalue weighted by Crippen LogP contribution is 2.22. The van der Waals surface area contributed by atoms with Gasteiger partial charge in [0.15, 0.2) is 0 Å². The van der Waals surface area contributed by atoms with Crippen LogP contribution >= 0.6 is 0 Å². The van der Waals surface area contributed by atoms with Gasteiger partial charge in [-0.25, -0.2) is 0 Å². The van der Waals surface area contributed by atoms with Gasteiger partial charge in [-0.2, -0.15) is 0 Å². The molecule has 1 aromatic heterocycles. The molecule has 1 atom stereocenters. The van der Waals surface area contributed by atoms with Crippen LogP contribution in [-0.2, 0) is 19.3 Å². The maximum Gasteiger partial charge on any atom is 0.261 e. The maximum atomic E-state index is 12.6. The number of aromatic nitrogens is 1. The normalized spacial score (nSPS) is 19.2. The topological polar surface area (TPSA) is 74.0 Å². The van der Waals surface area contributed by atoms with Gasteiger partial charge in [-0.3, -0.25) is 9.59 Å². The Morgan fingerprint density at radius 2 is 1.92 bits per heavy atom. The highest BCUT2D eigenvalue weighted by atomic mass is 16.2. The van der Waals surface area contributed by atoms with Crippen LogP contribution in [0.2, 0.25) is 0 Å². The summed E-state index contributed by atoms with van der Waals surface area (Å²) in [6, 6.07) is 10.2. The quantitative estimate of drug-likeness (QED) is 0.743. The number of amides is 1. The van der Waals surface area contributed by atoms with Gasteiger partial charge in [0, 0.05) is 18.3 Å². The minimum atomic E-state index is -0.289. The van der Waals surface area contributed by atoms with Gasteiger partial charge in [0.1, 0.15) is 5.56 Å². The third-order valence-corrected chi connectivity index (χ3v) is 5.52. The van der Waals surface area contributed by atoms with E-state index in [-0.39, 0.29) is 23.1 Å². The van der Waals surface area contributed by atoms with Crippen LogP contribution in [0.15, 0.2) is 35.1 Å². The van der Waals surface area contributed by atoms with Crippen LogP contribution in [0, 0.1) is 0 Å². The summed E-state index contributed by atoms with van der Waals surface area (Å²) in [6.45, 7) is 1.38. The number of H-pyrrole nitrogens is 1. The van der Waals surface area contributed by atoms with Gasteiger partial charge in [-0.05, 0) is 61.4 Å². The number of aromatic amines is 1. The van der Waals surface area contributed by atoms with Gasteiger partial charge < -0.3 is 15.6 Å². The molecule has 5 nitrogen and oxygen atoms in total. The van der Waals surface area contributed by atoms with E-state index in [4.69, 9.17) is 0 Å². The zero-order valence-corrected chi connectivity index (χ0v) is 14.9. The van der Waals surface area contributed by atoms with Crippen LogP contribution in [-0.4, -0.2) is 24.0 Å². The summed E-state index contributed by atoms with van der Waals surface area (Å²) in [5.74, 6) is -0.289. The van der Waals surface area contributed by atoms with E-state index in [9.17, 15) is 9.59 Å². The van der Waals surface area contributed by atoms with Crippen LogP contribution < -0.4 is 16.2 Å². The minimum Gasteiger partial charge on any atom is -0.350 e. The molecule has 1 aliphatic carbocycles. The molecular weight excluding hydrogens is 326 g/mol. The number of fused-ring (bicyclic) bond motifs is 2. The van der Waals surface area contributed by atoms with Gasteiger partial charge in [0.05, 0.1) is 0 Å². The predicted octanol–water partition coefficient (Wildman–Crippen LogP) is 2.26. The minimum absolute atomic E-state index is 0.0869. The Kier molecular flexibility index (Phi) is 4.89. The van der Waals surface area contributed by atoms with E-state index < -0.39 is 0 Å². The van der Waals surface area contributed by atoms with Gasteiger partial charge in [-0.15, -0.1) is 0 Å². The lowest BCUT2D eigenvalue weighted by Crippen LogP contribution is -2.40. The summed E-state index contributed by atoms with van der Waals surface area (Å²) < 4.78 is 0. The van der Waals surface area contributed by atoms with Crippen molar-refractivity contribution >= 4 is 5.91 Å². The molecule has 136 valence electrons. The molecule has 1 aliphatic heterocycles. The summed E-state index contributed by atoms with van der Waals surface area (Å²) in [5.41, 5.74) is 4.64. The number of hydrogen-bond donors (Lipinski definition) is 3. The standard InChI is InChI=1S/C21H25N3O2/c25-20(17-12-15-7-2-1-3-9-18(15)24-21(17)26)23-13-19-16-8-5-4-6-14(16)10-11-22-19/h4-6,8,12,19,22H,1-3,7,9-11,13H2,(H,23,25)(H,24,26). The Morgan fingerprint density at radius 1 is 1.08 bits per heavy atom. The highest BCUT2D eigenvalue weighted by molar-refractivity contribution is 5.94. The average molecular weight is 351 g/mol. The molecule has 4 rings (SSSR count). The summed E-state index contributed by atoms with van der Waals surface area (Å²) in [6.07, 6.45) is 6.22. The van der Waals surface area contributed by atoms with Crippen molar-refractivity contribution in [3.8, 4) is 0 Å². The number of pyridine rings is 1. The Balaban J connectivity index is 1.49. The zero-order chi connectivity index (χ0) is 17.9. The van der Waals surface area contributed by atoms with Crippen LogP contribution in [0.4, 0.5) is 0 Å². The Labute approximate surface area is 153 Å². The largest absolute Gasteiger partial charge is 0.350 e. The van der Waals surface area contributed by atoms with E-state index in [0.29, 0.717) is 6.54 Å². The number of carbonyl (C=O) groups excluding carboxylic acids is 1. The molecule has 2 aliphatic rings. The number of nitrogens with one attached hydrogen (secondary N) is 3. The van der Waals surface area contributed by atoms with Crippen molar-refractivity contribution in [3.63, 3.8) is 0 Å². The van der Waals surface area contributed by atoms with Crippen molar-refractivity contribution in [3.05, 3.63) is 68.6 Å². The molecule has 5 heteroatoms. The lowest BCUT2D eigenvalue weighted by atomic mass is 9.94. The second-order valence-electron chi connectivity index (χ2n) is 7.24. The average Bonchev–Trinajstić information content (AvgIpc) is 2.90.